The number of rotatable bonds is 6. The second kappa shape index (κ2) is 7.67. The van der Waals surface area contributed by atoms with Crippen molar-refractivity contribution < 1.29 is 0 Å². The molecule has 0 aromatic carbocycles. The highest BCUT2D eigenvalue weighted by Crippen LogP contribution is 2.21. The first-order valence-corrected chi connectivity index (χ1v) is 7.70. The van der Waals surface area contributed by atoms with Gasteiger partial charge >= 0.3 is 0 Å². The maximum Gasteiger partial charge on any atom is 0.00718 e. The van der Waals surface area contributed by atoms with Crippen LogP contribution >= 0.6 is 15.9 Å². The predicted molar refractivity (Wildman–Crippen MR) is 71.6 cm³/mol. The average Bonchev–Trinajstić information content (AvgIpc) is 2.29. The lowest BCUT2D eigenvalue weighted by molar-refractivity contribution is 0.161. The van der Waals surface area contributed by atoms with Gasteiger partial charge in [-0.05, 0) is 44.2 Å². The van der Waals surface area contributed by atoms with Gasteiger partial charge in [-0.15, -0.1) is 0 Å². The molecule has 15 heavy (non-hydrogen) atoms. The number of nitrogens with zero attached hydrogens (tertiary/aromatic N) is 1. The molecular weight excluding hydrogens is 250 g/mol. The van der Waals surface area contributed by atoms with Gasteiger partial charge in [0.2, 0.25) is 0 Å². The first-order valence-electron chi connectivity index (χ1n) is 6.58. The number of hydrogen-bond donors (Lipinski definition) is 0. The zero-order valence-corrected chi connectivity index (χ0v) is 11.9. The maximum absolute atomic E-state index is 3.64. The Balaban J connectivity index is 2.21. The van der Waals surface area contributed by atoms with Crippen molar-refractivity contribution in [2.24, 2.45) is 11.8 Å². The van der Waals surface area contributed by atoms with E-state index in [9.17, 15) is 0 Å². The number of hydrogen-bond acceptors (Lipinski definition) is 1. The van der Waals surface area contributed by atoms with Crippen molar-refractivity contribution in [2.75, 3.05) is 25.0 Å². The lowest BCUT2D eigenvalue weighted by Gasteiger charge is -2.33. The summed E-state index contributed by atoms with van der Waals surface area (Å²) in [5.74, 6) is 1.88. The van der Waals surface area contributed by atoms with E-state index >= 15 is 0 Å². The lowest BCUT2D eigenvalue weighted by atomic mass is 9.93. The van der Waals surface area contributed by atoms with Crippen molar-refractivity contribution >= 4 is 15.9 Å². The van der Waals surface area contributed by atoms with E-state index in [1.165, 1.54) is 57.1 Å². The van der Waals surface area contributed by atoms with Gasteiger partial charge in [0, 0.05) is 11.9 Å². The molecule has 1 aliphatic heterocycles. The Labute approximate surface area is 104 Å². The first-order chi connectivity index (χ1) is 7.30. The van der Waals surface area contributed by atoms with Crippen LogP contribution in [0.1, 0.15) is 46.0 Å². The van der Waals surface area contributed by atoms with Crippen LogP contribution in [0.4, 0.5) is 0 Å². The fourth-order valence-corrected chi connectivity index (χ4v) is 3.10. The molecule has 1 saturated heterocycles. The van der Waals surface area contributed by atoms with Gasteiger partial charge in [-0.1, -0.05) is 42.6 Å². The summed E-state index contributed by atoms with van der Waals surface area (Å²) in [7, 11) is 0. The maximum atomic E-state index is 3.64. The van der Waals surface area contributed by atoms with Gasteiger partial charge in [0.25, 0.3) is 0 Å². The summed E-state index contributed by atoms with van der Waals surface area (Å²) in [6.45, 7) is 8.62. The van der Waals surface area contributed by atoms with Crippen LogP contribution in [-0.4, -0.2) is 29.9 Å². The van der Waals surface area contributed by atoms with E-state index in [2.05, 4.69) is 34.7 Å². The molecule has 0 bridgehead atoms. The minimum atomic E-state index is 0.869. The van der Waals surface area contributed by atoms with Crippen LogP contribution < -0.4 is 0 Å². The molecule has 0 amide bonds. The summed E-state index contributed by atoms with van der Waals surface area (Å²) < 4.78 is 0. The van der Waals surface area contributed by atoms with Crippen molar-refractivity contribution in [3.63, 3.8) is 0 Å². The number of likely N-dealkylation sites (tertiary alicyclic amines) is 1. The van der Waals surface area contributed by atoms with E-state index < -0.39 is 0 Å². The molecule has 1 unspecified atom stereocenters. The molecular formula is C13H26BrN. The molecule has 1 nitrogen and oxygen atoms in total. The van der Waals surface area contributed by atoms with Crippen molar-refractivity contribution in [3.05, 3.63) is 0 Å². The van der Waals surface area contributed by atoms with E-state index in [0.29, 0.717) is 0 Å². The van der Waals surface area contributed by atoms with Gasteiger partial charge in [0.15, 0.2) is 0 Å². The Morgan fingerprint density at radius 3 is 2.40 bits per heavy atom. The summed E-state index contributed by atoms with van der Waals surface area (Å²) in [6, 6.07) is 0. The normalized spacial score (nSPS) is 21.8. The highest BCUT2D eigenvalue weighted by atomic mass is 79.9. The Kier molecular flexibility index (Phi) is 6.91. The predicted octanol–water partition coefficient (Wildman–Crippen LogP) is 3.92. The Bertz CT molecular complexity index is 153. The first kappa shape index (κ1) is 13.5. The third-order valence-corrected chi connectivity index (χ3v) is 4.63. The van der Waals surface area contributed by atoms with Gasteiger partial charge in [-0.25, -0.2) is 0 Å². The molecule has 2 heteroatoms. The molecule has 0 N–H and O–H groups in total. The third-order valence-electron chi connectivity index (χ3n) is 3.72. The SMILES string of the molecule is CCCC(CBr)CN1CCC(CC)CC1. The van der Waals surface area contributed by atoms with E-state index in [-0.39, 0.29) is 0 Å². The van der Waals surface area contributed by atoms with Gasteiger partial charge in [0.1, 0.15) is 0 Å². The van der Waals surface area contributed by atoms with Crippen molar-refractivity contribution in [3.8, 4) is 0 Å². The number of piperidine rings is 1. The minimum absolute atomic E-state index is 0.869. The van der Waals surface area contributed by atoms with Gasteiger partial charge in [-0.2, -0.15) is 0 Å². The van der Waals surface area contributed by atoms with Crippen LogP contribution in [0.15, 0.2) is 0 Å². The molecule has 1 aliphatic rings. The lowest BCUT2D eigenvalue weighted by Crippen LogP contribution is -2.37. The van der Waals surface area contributed by atoms with Crippen LogP contribution in [0.25, 0.3) is 0 Å². The highest BCUT2D eigenvalue weighted by Gasteiger charge is 2.19. The van der Waals surface area contributed by atoms with Crippen molar-refractivity contribution in [1.29, 1.82) is 0 Å². The molecule has 0 saturated carbocycles. The fraction of sp³-hybridized carbons (Fsp3) is 1.00. The van der Waals surface area contributed by atoms with Crippen LogP contribution in [-0.2, 0) is 0 Å². The van der Waals surface area contributed by atoms with E-state index in [4.69, 9.17) is 0 Å². The van der Waals surface area contributed by atoms with Gasteiger partial charge in [-0.3, -0.25) is 0 Å². The third kappa shape index (κ3) is 4.86. The molecule has 1 rings (SSSR count). The van der Waals surface area contributed by atoms with E-state index in [0.717, 1.165) is 11.8 Å². The highest BCUT2D eigenvalue weighted by molar-refractivity contribution is 9.09. The zero-order chi connectivity index (χ0) is 11.1. The molecule has 90 valence electrons. The second-order valence-electron chi connectivity index (χ2n) is 4.96. The molecule has 1 heterocycles. The molecule has 0 spiro atoms. The molecule has 0 aromatic heterocycles. The largest absolute Gasteiger partial charge is 0.303 e. The Hall–Kier alpha value is 0.440. The van der Waals surface area contributed by atoms with Crippen molar-refractivity contribution in [1.82, 2.24) is 4.90 Å². The Morgan fingerprint density at radius 2 is 1.93 bits per heavy atom. The summed E-state index contributed by atoms with van der Waals surface area (Å²) >= 11 is 3.64. The van der Waals surface area contributed by atoms with Crippen molar-refractivity contribution in [2.45, 2.75) is 46.0 Å². The van der Waals surface area contributed by atoms with E-state index in [1.54, 1.807) is 0 Å². The fourth-order valence-electron chi connectivity index (χ4n) is 2.57. The monoisotopic (exact) mass is 275 g/mol. The second-order valence-corrected chi connectivity index (χ2v) is 5.61. The number of halogens is 1. The minimum Gasteiger partial charge on any atom is -0.303 e. The molecule has 0 aliphatic carbocycles. The van der Waals surface area contributed by atoms with Crippen LogP contribution in [0.3, 0.4) is 0 Å². The molecule has 0 radical (unpaired) electrons. The molecule has 0 aromatic rings. The summed E-state index contributed by atoms with van der Waals surface area (Å²) in [5, 5.41) is 1.18. The zero-order valence-electron chi connectivity index (χ0n) is 10.3. The quantitative estimate of drug-likeness (QED) is 0.665. The van der Waals surface area contributed by atoms with Gasteiger partial charge in [0.05, 0.1) is 0 Å². The van der Waals surface area contributed by atoms with Gasteiger partial charge < -0.3 is 4.90 Å². The van der Waals surface area contributed by atoms with Crippen LogP contribution in [0.5, 0.6) is 0 Å². The summed E-state index contributed by atoms with van der Waals surface area (Å²) in [6.07, 6.45) is 6.93. The average molecular weight is 276 g/mol. The Morgan fingerprint density at radius 1 is 1.27 bits per heavy atom. The summed E-state index contributed by atoms with van der Waals surface area (Å²) in [5.41, 5.74) is 0. The smallest absolute Gasteiger partial charge is 0.00718 e. The standard InChI is InChI=1S/C13H26BrN/c1-3-5-13(10-14)11-15-8-6-12(4-2)7-9-15/h12-13H,3-11H2,1-2H3. The molecule has 1 atom stereocenters. The molecule has 1 fully saturated rings. The topological polar surface area (TPSA) is 3.24 Å². The van der Waals surface area contributed by atoms with Crippen LogP contribution in [0, 0.1) is 11.8 Å². The van der Waals surface area contributed by atoms with E-state index in [1.807, 2.05) is 0 Å². The summed E-state index contributed by atoms with van der Waals surface area (Å²) in [4.78, 5) is 2.67. The number of alkyl halides is 1. The van der Waals surface area contributed by atoms with Crippen LogP contribution in [0.2, 0.25) is 0 Å².